The van der Waals surface area contributed by atoms with Crippen LogP contribution in [0, 0.1) is 21.4 Å². The summed E-state index contributed by atoms with van der Waals surface area (Å²) in [6.07, 6.45) is 0. The molecular formula is C14H9ClN2O3. The molecule has 0 aromatic heterocycles. The first-order valence-corrected chi connectivity index (χ1v) is 6.04. The maximum atomic E-state index is 10.7. The molecule has 2 rings (SSSR count). The smallest absolute Gasteiger partial charge is 0.273 e. The van der Waals surface area contributed by atoms with Crippen LogP contribution in [0.3, 0.4) is 0 Å². The van der Waals surface area contributed by atoms with E-state index in [1.165, 1.54) is 12.1 Å². The Bertz CT molecular complexity index is 695. The van der Waals surface area contributed by atoms with E-state index in [-0.39, 0.29) is 12.3 Å². The lowest BCUT2D eigenvalue weighted by Gasteiger charge is -2.07. The lowest BCUT2D eigenvalue weighted by atomic mass is 10.1. The minimum Gasteiger partial charge on any atom is -0.489 e. The predicted molar refractivity (Wildman–Crippen MR) is 73.6 cm³/mol. The van der Waals surface area contributed by atoms with Crippen molar-refractivity contribution >= 4 is 17.3 Å². The quantitative estimate of drug-likeness (QED) is 0.635. The van der Waals surface area contributed by atoms with Crippen molar-refractivity contribution in [1.29, 1.82) is 5.26 Å². The van der Waals surface area contributed by atoms with E-state index in [4.69, 9.17) is 21.6 Å². The van der Waals surface area contributed by atoms with Crippen LogP contribution in [0.5, 0.6) is 5.75 Å². The lowest BCUT2D eigenvalue weighted by molar-refractivity contribution is -0.384. The second-order valence-corrected chi connectivity index (χ2v) is 4.37. The Morgan fingerprint density at radius 3 is 2.75 bits per heavy atom. The van der Waals surface area contributed by atoms with E-state index in [2.05, 4.69) is 0 Å². The Morgan fingerprint density at radius 2 is 2.10 bits per heavy atom. The number of rotatable bonds is 4. The highest BCUT2D eigenvalue weighted by molar-refractivity contribution is 6.31. The van der Waals surface area contributed by atoms with Crippen LogP contribution in [0.25, 0.3) is 0 Å². The second kappa shape index (κ2) is 6.04. The third-order valence-electron chi connectivity index (χ3n) is 2.60. The molecule has 0 saturated heterocycles. The number of hydrogen-bond acceptors (Lipinski definition) is 4. The molecule has 0 heterocycles. The molecule has 0 unspecified atom stereocenters. The van der Waals surface area contributed by atoms with Crippen molar-refractivity contribution in [2.75, 3.05) is 0 Å². The molecule has 0 fully saturated rings. The van der Waals surface area contributed by atoms with Gasteiger partial charge >= 0.3 is 0 Å². The van der Waals surface area contributed by atoms with Crippen LogP contribution in [-0.2, 0) is 6.61 Å². The van der Waals surface area contributed by atoms with Crippen molar-refractivity contribution in [3.05, 3.63) is 68.7 Å². The van der Waals surface area contributed by atoms with Gasteiger partial charge in [0.1, 0.15) is 12.4 Å². The van der Waals surface area contributed by atoms with Crippen molar-refractivity contribution in [1.82, 2.24) is 0 Å². The Hall–Kier alpha value is -2.58. The minimum atomic E-state index is -0.485. The van der Waals surface area contributed by atoms with Gasteiger partial charge in [0.2, 0.25) is 0 Å². The highest BCUT2D eigenvalue weighted by Gasteiger charge is 2.07. The van der Waals surface area contributed by atoms with E-state index in [0.717, 1.165) is 0 Å². The Labute approximate surface area is 120 Å². The number of halogens is 1. The molecule has 6 heteroatoms. The molecule has 2 aromatic carbocycles. The molecule has 0 N–H and O–H groups in total. The number of non-ortho nitro benzene ring substituents is 1. The number of nitriles is 1. The Kier molecular flexibility index (Phi) is 4.18. The number of nitro groups is 1. The van der Waals surface area contributed by atoms with Crippen LogP contribution in [0.4, 0.5) is 5.69 Å². The lowest BCUT2D eigenvalue weighted by Crippen LogP contribution is -1.97. The molecule has 0 saturated carbocycles. The molecule has 0 amide bonds. The third kappa shape index (κ3) is 3.25. The van der Waals surface area contributed by atoms with Gasteiger partial charge in [-0.1, -0.05) is 23.7 Å². The Morgan fingerprint density at radius 1 is 1.30 bits per heavy atom. The fourth-order valence-corrected chi connectivity index (χ4v) is 1.82. The van der Waals surface area contributed by atoms with E-state index in [0.29, 0.717) is 21.9 Å². The molecule has 0 spiro atoms. The van der Waals surface area contributed by atoms with Crippen LogP contribution >= 0.6 is 11.6 Å². The zero-order valence-corrected chi connectivity index (χ0v) is 11.0. The highest BCUT2D eigenvalue weighted by Crippen LogP contribution is 2.23. The molecule has 0 atom stereocenters. The molecule has 100 valence electrons. The molecule has 20 heavy (non-hydrogen) atoms. The summed E-state index contributed by atoms with van der Waals surface area (Å²) in [6, 6.07) is 12.8. The van der Waals surface area contributed by atoms with E-state index in [9.17, 15) is 10.1 Å². The fraction of sp³-hybridized carbons (Fsp3) is 0.0714. The van der Waals surface area contributed by atoms with Gasteiger partial charge in [0, 0.05) is 16.7 Å². The van der Waals surface area contributed by atoms with Gasteiger partial charge in [-0.05, 0) is 18.2 Å². The van der Waals surface area contributed by atoms with Crippen LogP contribution < -0.4 is 4.74 Å². The van der Waals surface area contributed by atoms with Gasteiger partial charge in [-0.2, -0.15) is 5.26 Å². The van der Waals surface area contributed by atoms with Crippen molar-refractivity contribution in [2.24, 2.45) is 0 Å². The maximum absolute atomic E-state index is 10.7. The Balaban J connectivity index is 2.11. The summed E-state index contributed by atoms with van der Waals surface area (Å²) in [4.78, 5) is 10.2. The number of nitrogens with zero attached hydrogens (tertiary/aromatic N) is 2. The van der Waals surface area contributed by atoms with Crippen molar-refractivity contribution in [3.8, 4) is 11.8 Å². The molecule has 0 bridgehead atoms. The average molecular weight is 289 g/mol. The summed E-state index contributed by atoms with van der Waals surface area (Å²) in [6.45, 7) is 0.172. The van der Waals surface area contributed by atoms with E-state index in [1.807, 2.05) is 6.07 Å². The first-order chi connectivity index (χ1) is 9.60. The predicted octanol–water partition coefficient (Wildman–Crippen LogP) is 3.70. The summed E-state index contributed by atoms with van der Waals surface area (Å²) >= 11 is 6.02. The summed E-state index contributed by atoms with van der Waals surface area (Å²) in [5, 5.41) is 19.8. The van der Waals surface area contributed by atoms with Gasteiger partial charge in [-0.3, -0.25) is 10.1 Å². The molecule has 0 aliphatic heterocycles. The molecule has 0 radical (unpaired) electrons. The summed E-state index contributed by atoms with van der Waals surface area (Å²) in [7, 11) is 0. The maximum Gasteiger partial charge on any atom is 0.273 e. The highest BCUT2D eigenvalue weighted by atomic mass is 35.5. The van der Waals surface area contributed by atoms with Crippen LogP contribution in [0.2, 0.25) is 5.02 Å². The summed E-state index contributed by atoms with van der Waals surface area (Å²) in [5.74, 6) is 0.389. The van der Waals surface area contributed by atoms with Gasteiger partial charge in [0.25, 0.3) is 5.69 Å². The average Bonchev–Trinajstić information content (AvgIpc) is 2.46. The van der Waals surface area contributed by atoms with Crippen LogP contribution in [-0.4, -0.2) is 4.92 Å². The normalized spacial score (nSPS) is 9.80. The second-order valence-electron chi connectivity index (χ2n) is 3.96. The van der Waals surface area contributed by atoms with Crippen molar-refractivity contribution in [2.45, 2.75) is 6.61 Å². The largest absolute Gasteiger partial charge is 0.489 e. The van der Waals surface area contributed by atoms with Crippen LogP contribution in [0.1, 0.15) is 11.1 Å². The number of hydrogen-bond donors (Lipinski definition) is 0. The molecule has 0 aliphatic carbocycles. The van der Waals surface area contributed by atoms with E-state index < -0.39 is 4.92 Å². The first kappa shape index (κ1) is 13.8. The summed E-state index contributed by atoms with van der Waals surface area (Å²) in [5.41, 5.74) is 1.14. The van der Waals surface area contributed by atoms with Crippen molar-refractivity contribution < 1.29 is 9.66 Å². The molecule has 2 aromatic rings. The standard InChI is InChI=1S/C14H9ClN2O3/c15-14-6-10(8-16)4-5-11(14)9-20-13-3-1-2-12(7-13)17(18)19/h1-7H,9H2. The number of benzene rings is 2. The van der Waals surface area contributed by atoms with Gasteiger partial charge < -0.3 is 4.74 Å². The minimum absolute atomic E-state index is 0.0339. The van der Waals surface area contributed by atoms with E-state index in [1.54, 1.807) is 30.3 Å². The third-order valence-corrected chi connectivity index (χ3v) is 2.96. The zero-order chi connectivity index (χ0) is 14.5. The molecular weight excluding hydrogens is 280 g/mol. The van der Waals surface area contributed by atoms with Crippen molar-refractivity contribution in [3.63, 3.8) is 0 Å². The first-order valence-electron chi connectivity index (χ1n) is 5.66. The topological polar surface area (TPSA) is 76.2 Å². The molecule has 0 aliphatic rings. The van der Waals surface area contributed by atoms with Gasteiger partial charge in [0.05, 0.1) is 22.6 Å². The van der Waals surface area contributed by atoms with Gasteiger partial charge in [-0.15, -0.1) is 0 Å². The van der Waals surface area contributed by atoms with Crippen LogP contribution in [0.15, 0.2) is 42.5 Å². The SMILES string of the molecule is N#Cc1ccc(COc2cccc([N+](=O)[O-])c2)c(Cl)c1. The number of ether oxygens (including phenoxy) is 1. The van der Waals surface area contributed by atoms with Gasteiger partial charge in [-0.25, -0.2) is 0 Å². The summed E-state index contributed by atoms with van der Waals surface area (Å²) < 4.78 is 5.47. The fourth-order valence-electron chi connectivity index (χ4n) is 1.58. The monoisotopic (exact) mass is 288 g/mol. The van der Waals surface area contributed by atoms with E-state index >= 15 is 0 Å². The number of nitro benzene ring substituents is 1. The molecule has 5 nitrogen and oxygen atoms in total. The van der Waals surface area contributed by atoms with Gasteiger partial charge in [0.15, 0.2) is 0 Å². The zero-order valence-electron chi connectivity index (χ0n) is 10.2.